The van der Waals surface area contributed by atoms with Crippen molar-refractivity contribution in [3.8, 4) is 0 Å². The number of rotatable bonds is 4. The van der Waals surface area contributed by atoms with Crippen LogP contribution in [0, 0.1) is 11.3 Å². The molecular weight excluding hydrogens is 176 g/mol. The Morgan fingerprint density at radius 3 is 2.93 bits per heavy atom. The molecule has 1 rings (SSSR count). The van der Waals surface area contributed by atoms with Crippen LogP contribution in [0.5, 0.6) is 0 Å². The second-order valence-electron chi connectivity index (χ2n) is 4.37. The normalized spacial score (nSPS) is 24.5. The molecule has 1 aliphatic carbocycles. The summed E-state index contributed by atoms with van der Waals surface area (Å²) < 4.78 is 5.14. The first-order valence-electron chi connectivity index (χ1n) is 4.86. The number of methoxy groups -OCH3 is 1. The Hall–Kier alpha value is -0.890. The van der Waals surface area contributed by atoms with Crippen LogP contribution >= 0.6 is 0 Å². The van der Waals surface area contributed by atoms with Crippen LogP contribution in [0.15, 0.2) is 23.8 Å². The van der Waals surface area contributed by atoms with Crippen LogP contribution in [0.3, 0.4) is 0 Å². The van der Waals surface area contributed by atoms with Gasteiger partial charge in [-0.05, 0) is 28.9 Å². The molecule has 1 aliphatic rings. The molecule has 2 nitrogen and oxygen atoms in total. The van der Waals surface area contributed by atoms with E-state index in [1.165, 1.54) is 5.57 Å². The van der Waals surface area contributed by atoms with E-state index in [-0.39, 0.29) is 11.3 Å². The third-order valence-electron chi connectivity index (χ3n) is 3.20. The SMILES string of the molecule is C=C(C=O)C1CC=C(COC)C1(C)C. The first-order chi connectivity index (χ1) is 6.54. The molecule has 0 spiro atoms. The van der Waals surface area contributed by atoms with Crippen molar-refractivity contribution in [2.24, 2.45) is 11.3 Å². The highest BCUT2D eigenvalue weighted by Gasteiger charge is 2.38. The van der Waals surface area contributed by atoms with Gasteiger partial charge in [0, 0.05) is 7.11 Å². The highest BCUT2D eigenvalue weighted by Crippen LogP contribution is 2.45. The van der Waals surface area contributed by atoms with E-state index in [9.17, 15) is 4.79 Å². The Bertz CT molecular complexity index is 274. The summed E-state index contributed by atoms with van der Waals surface area (Å²) in [6.45, 7) is 8.74. The van der Waals surface area contributed by atoms with Gasteiger partial charge in [-0.3, -0.25) is 4.79 Å². The first kappa shape index (κ1) is 11.2. The Labute approximate surface area is 85.6 Å². The zero-order valence-corrected chi connectivity index (χ0v) is 9.17. The summed E-state index contributed by atoms with van der Waals surface area (Å²) in [4.78, 5) is 10.7. The van der Waals surface area contributed by atoms with Gasteiger partial charge in [0.15, 0.2) is 0 Å². The van der Waals surface area contributed by atoms with Crippen LogP contribution in [-0.4, -0.2) is 20.0 Å². The molecule has 0 aromatic carbocycles. The molecule has 0 fully saturated rings. The summed E-state index contributed by atoms with van der Waals surface area (Å²) in [5.41, 5.74) is 1.97. The maximum Gasteiger partial charge on any atom is 0.145 e. The average molecular weight is 194 g/mol. The number of hydrogen-bond donors (Lipinski definition) is 0. The van der Waals surface area contributed by atoms with Crippen LogP contribution in [0.4, 0.5) is 0 Å². The van der Waals surface area contributed by atoms with Gasteiger partial charge in [-0.25, -0.2) is 0 Å². The monoisotopic (exact) mass is 194 g/mol. The van der Waals surface area contributed by atoms with E-state index < -0.39 is 0 Å². The van der Waals surface area contributed by atoms with Gasteiger partial charge >= 0.3 is 0 Å². The van der Waals surface area contributed by atoms with Gasteiger partial charge in [0.25, 0.3) is 0 Å². The van der Waals surface area contributed by atoms with Crippen molar-refractivity contribution < 1.29 is 9.53 Å². The van der Waals surface area contributed by atoms with Gasteiger partial charge in [-0.2, -0.15) is 0 Å². The maximum atomic E-state index is 10.7. The smallest absolute Gasteiger partial charge is 0.145 e. The molecule has 0 saturated heterocycles. The molecular formula is C12H18O2. The molecule has 1 unspecified atom stereocenters. The summed E-state index contributed by atoms with van der Waals surface area (Å²) in [5.74, 6) is 0.241. The lowest BCUT2D eigenvalue weighted by molar-refractivity contribution is -0.105. The lowest BCUT2D eigenvalue weighted by Crippen LogP contribution is -2.25. The largest absolute Gasteiger partial charge is 0.380 e. The van der Waals surface area contributed by atoms with Crippen molar-refractivity contribution in [3.05, 3.63) is 23.8 Å². The second-order valence-corrected chi connectivity index (χ2v) is 4.37. The van der Waals surface area contributed by atoms with Crippen molar-refractivity contribution in [2.45, 2.75) is 20.3 Å². The van der Waals surface area contributed by atoms with Crippen molar-refractivity contribution in [1.29, 1.82) is 0 Å². The summed E-state index contributed by atoms with van der Waals surface area (Å²) in [6, 6.07) is 0. The van der Waals surface area contributed by atoms with E-state index >= 15 is 0 Å². The molecule has 1 atom stereocenters. The Kier molecular flexibility index (Phi) is 3.27. The van der Waals surface area contributed by atoms with Gasteiger partial charge in [-0.1, -0.05) is 26.5 Å². The number of hydrogen-bond acceptors (Lipinski definition) is 2. The highest BCUT2D eigenvalue weighted by atomic mass is 16.5. The lowest BCUT2D eigenvalue weighted by atomic mass is 9.74. The lowest BCUT2D eigenvalue weighted by Gasteiger charge is -2.30. The zero-order valence-electron chi connectivity index (χ0n) is 9.17. The Morgan fingerprint density at radius 1 is 1.79 bits per heavy atom. The van der Waals surface area contributed by atoms with Crippen LogP contribution in [0.25, 0.3) is 0 Å². The molecule has 0 amide bonds. The predicted molar refractivity (Wildman–Crippen MR) is 57.1 cm³/mol. The fourth-order valence-electron chi connectivity index (χ4n) is 2.14. The van der Waals surface area contributed by atoms with Gasteiger partial charge in [-0.15, -0.1) is 0 Å². The molecule has 0 aromatic rings. The molecule has 0 aromatic heterocycles. The van der Waals surface area contributed by atoms with E-state index in [0.717, 1.165) is 12.7 Å². The maximum absolute atomic E-state index is 10.7. The zero-order chi connectivity index (χ0) is 10.8. The molecule has 78 valence electrons. The quantitative estimate of drug-likeness (QED) is 0.390. The molecule has 14 heavy (non-hydrogen) atoms. The van der Waals surface area contributed by atoms with E-state index in [1.54, 1.807) is 7.11 Å². The standard InChI is InChI=1S/C12H18O2/c1-9(7-13)11-6-5-10(8-14-4)12(11,2)3/h5,7,11H,1,6,8H2,2-4H3. The topological polar surface area (TPSA) is 26.3 Å². The molecule has 0 heterocycles. The third kappa shape index (κ3) is 1.80. The minimum Gasteiger partial charge on any atom is -0.380 e. The number of ether oxygens (including phenoxy) is 1. The molecule has 0 radical (unpaired) electrons. The average Bonchev–Trinajstić information content (AvgIpc) is 2.42. The summed E-state index contributed by atoms with van der Waals surface area (Å²) in [6.07, 6.45) is 3.95. The van der Waals surface area contributed by atoms with Gasteiger partial charge < -0.3 is 4.74 Å². The van der Waals surface area contributed by atoms with Gasteiger partial charge in [0.1, 0.15) is 6.29 Å². The third-order valence-corrected chi connectivity index (χ3v) is 3.20. The second kappa shape index (κ2) is 4.09. The summed E-state index contributed by atoms with van der Waals surface area (Å²) in [7, 11) is 1.69. The van der Waals surface area contributed by atoms with Crippen molar-refractivity contribution in [2.75, 3.05) is 13.7 Å². The van der Waals surface area contributed by atoms with E-state index in [0.29, 0.717) is 12.2 Å². The van der Waals surface area contributed by atoms with Crippen LogP contribution < -0.4 is 0 Å². The molecule has 0 N–H and O–H groups in total. The van der Waals surface area contributed by atoms with Gasteiger partial charge in [0.05, 0.1) is 6.61 Å². The van der Waals surface area contributed by atoms with Crippen molar-refractivity contribution in [3.63, 3.8) is 0 Å². The minimum atomic E-state index is 0.00794. The Morgan fingerprint density at radius 2 is 2.43 bits per heavy atom. The van der Waals surface area contributed by atoms with Crippen LogP contribution in [-0.2, 0) is 9.53 Å². The summed E-state index contributed by atoms with van der Waals surface area (Å²) >= 11 is 0. The first-order valence-corrected chi connectivity index (χ1v) is 4.86. The molecule has 0 saturated carbocycles. The van der Waals surface area contributed by atoms with Crippen LogP contribution in [0.2, 0.25) is 0 Å². The van der Waals surface area contributed by atoms with Crippen molar-refractivity contribution in [1.82, 2.24) is 0 Å². The Balaban J connectivity index is 2.81. The predicted octanol–water partition coefficient (Wildman–Crippen LogP) is 2.36. The highest BCUT2D eigenvalue weighted by molar-refractivity contribution is 5.73. The molecule has 0 aliphatic heterocycles. The van der Waals surface area contributed by atoms with E-state index in [4.69, 9.17) is 4.74 Å². The summed E-state index contributed by atoms with van der Waals surface area (Å²) in [5, 5.41) is 0. The van der Waals surface area contributed by atoms with E-state index in [2.05, 4.69) is 26.5 Å². The minimum absolute atomic E-state index is 0.00794. The number of carbonyl (C=O) groups is 1. The van der Waals surface area contributed by atoms with Crippen LogP contribution in [0.1, 0.15) is 20.3 Å². The van der Waals surface area contributed by atoms with E-state index in [1.807, 2.05) is 0 Å². The molecule has 2 heteroatoms. The fraction of sp³-hybridized carbons (Fsp3) is 0.583. The van der Waals surface area contributed by atoms with Gasteiger partial charge in [0.2, 0.25) is 0 Å². The fourth-order valence-corrected chi connectivity index (χ4v) is 2.14. The van der Waals surface area contributed by atoms with Crippen molar-refractivity contribution >= 4 is 6.29 Å². The molecule has 0 bridgehead atoms. The number of aldehydes is 1. The number of carbonyl (C=O) groups excluding carboxylic acids is 1. The number of allylic oxidation sites excluding steroid dienone is 2.